The Balaban J connectivity index is 1.34. The van der Waals surface area contributed by atoms with E-state index in [1.807, 2.05) is 17.9 Å². The molecule has 0 bridgehead atoms. The Labute approximate surface area is 205 Å². The molecule has 2 aliphatic heterocycles. The number of carbonyl (C=O) groups excluding carboxylic acids is 1. The lowest BCUT2D eigenvalue weighted by atomic mass is 9.86. The van der Waals surface area contributed by atoms with Gasteiger partial charge in [-0.25, -0.2) is 4.98 Å². The van der Waals surface area contributed by atoms with Gasteiger partial charge in [-0.1, -0.05) is 6.07 Å². The molecule has 1 saturated carbocycles. The van der Waals surface area contributed by atoms with Gasteiger partial charge in [0, 0.05) is 37.0 Å². The summed E-state index contributed by atoms with van der Waals surface area (Å²) in [6.45, 7) is 5.11. The Morgan fingerprint density at radius 2 is 1.94 bits per heavy atom. The number of amides is 1. The predicted molar refractivity (Wildman–Crippen MR) is 136 cm³/mol. The van der Waals surface area contributed by atoms with E-state index in [1.165, 1.54) is 5.69 Å². The number of hydrogen-bond donors (Lipinski definition) is 1. The molecule has 0 radical (unpaired) electrons. The van der Waals surface area contributed by atoms with Crippen molar-refractivity contribution in [2.24, 2.45) is 5.92 Å². The number of aromatic nitrogens is 3. The van der Waals surface area contributed by atoms with Gasteiger partial charge in [0.15, 0.2) is 0 Å². The number of carbonyl (C=O) groups is 1. The summed E-state index contributed by atoms with van der Waals surface area (Å²) in [7, 11) is 1.77. The number of ether oxygens (including phenoxy) is 1. The van der Waals surface area contributed by atoms with Crippen LogP contribution in [0.4, 0.5) is 22.9 Å². The summed E-state index contributed by atoms with van der Waals surface area (Å²) >= 11 is 0. The Morgan fingerprint density at radius 3 is 2.77 bits per heavy atom. The highest BCUT2D eigenvalue weighted by atomic mass is 16.5. The summed E-state index contributed by atoms with van der Waals surface area (Å²) in [4.78, 5) is 22.9. The van der Waals surface area contributed by atoms with E-state index in [-0.39, 0.29) is 17.9 Å². The smallest absolute Gasteiger partial charge is 0.230 e. The number of hydrogen-bond acceptors (Lipinski definition) is 6. The third-order valence-electron chi connectivity index (χ3n) is 7.65. The number of anilines is 4. The Bertz CT molecular complexity index is 1250. The summed E-state index contributed by atoms with van der Waals surface area (Å²) in [6, 6.07) is 12.6. The number of aryl methyl sites for hydroxylation is 1. The average molecular weight is 473 g/mol. The first-order valence-corrected chi connectivity index (χ1v) is 12.6. The zero-order valence-corrected chi connectivity index (χ0v) is 20.4. The molecule has 3 aliphatic rings. The Kier molecular flexibility index (Phi) is 5.68. The van der Waals surface area contributed by atoms with Gasteiger partial charge in [-0.15, -0.1) is 0 Å². The zero-order chi connectivity index (χ0) is 23.9. The quantitative estimate of drug-likeness (QED) is 0.609. The third-order valence-corrected chi connectivity index (χ3v) is 7.65. The van der Waals surface area contributed by atoms with Crippen LogP contribution in [0.15, 0.2) is 42.6 Å². The molecule has 8 heteroatoms. The highest BCUT2D eigenvalue weighted by Crippen LogP contribution is 2.40. The van der Waals surface area contributed by atoms with Gasteiger partial charge < -0.3 is 19.9 Å². The number of nitrogens with one attached hydrogen (secondary N) is 1. The molecule has 1 fully saturated rings. The Morgan fingerprint density at radius 1 is 1.09 bits per heavy atom. The molecule has 8 nitrogen and oxygen atoms in total. The standard InChI is InChI=1S/C27H32N6O2/c1-18-14-22-17-31(12-13-33(22)30-18)21-7-10-24-25(15-21)32(16-20-4-3-11-28-26(20)29-24)27(34)19-5-8-23(35-2)9-6-19/h3-4,7,10-11,14-15,19,23H,5-6,8-9,12-13,16-17H2,1-2H3,(H,28,29). The number of methoxy groups -OCH3 is 1. The first-order chi connectivity index (χ1) is 17.1. The van der Waals surface area contributed by atoms with E-state index in [4.69, 9.17) is 4.74 Å². The molecule has 182 valence electrons. The molecule has 0 unspecified atom stereocenters. The maximum absolute atomic E-state index is 13.9. The lowest BCUT2D eigenvalue weighted by molar-refractivity contribution is -0.124. The minimum atomic E-state index is 0.0171. The van der Waals surface area contributed by atoms with E-state index in [2.05, 4.69) is 55.3 Å². The molecule has 4 heterocycles. The lowest BCUT2D eigenvalue weighted by Gasteiger charge is -2.33. The third kappa shape index (κ3) is 4.16. The summed E-state index contributed by atoms with van der Waals surface area (Å²) in [5.41, 5.74) is 6.27. The minimum absolute atomic E-state index is 0.0171. The first-order valence-electron chi connectivity index (χ1n) is 12.6. The highest BCUT2D eigenvalue weighted by molar-refractivity contribution is 6.00. The fourth-order valence-corrected chi connectivity index (χ4v) is 5.70. The van der Waals surface area contributed by atoms with Crippen LogP contribution < -0.4 is 15.1 Å². The second-order valence-electron chi connectivity index (χ2n) is 9.89. The zero-order valence-electron chi connectivity index (χ0n) is 20.4. The van der Waals surface area contributed by atoms with E-state index in [0.717, 1.165) is 79.5 Å². The minimum Gasteiger partial charge on any atom is -0.381 e. The van der Waals surface area contributed by atoms with Gasteiger partial charge in [-0.2, -0.15) is 5.10 Å². The fraction of sp³-hybridized carbons (Fsp3) is 0.444. The molecular weight excluding hydrogens is 440 g/mol. The van der Waals surface area contributed by atoms with Gasteiger partial charge in [0.1, 0.15) is 5.82 Å². The van der Waals surface area contributed by atoms with E-state index in [9.17, 15) is 4.79 Å². The largest absolute Gasteiger partial charge is 0.381 e. The summed E-state index contributed by atoms with van der Waals surface area (Å²) in [5, 5.41) is 8.09. The monoisotopic (exact) mass is 472 g/mol. The molecule has 0 atom stereocenters. The second-order valence-corrected chi connectivity index (χ2v) is 9.89. The molecule has 6 rings (SSSR count). The first kappa shape index (κ1) is 22.1. The van der Waals surface area contributed by atoms with Gasteiger partial charge in [0.05, 0.1) is 48.5 Å². The van der Waals surface area contributed by atoms with Crippen LogP contribution in [-0.4, -0.2) is 40.4 Å². The molecule has 0 spiro atoms. The number of benzene rings is 1. The highest BCUT2D eigenvalue weighted by Gasteiger charge is 2.33. The van der Waals surface area contributed by atoms with Gasteiger partial charge in [0.25, 0.3) is 0 Å². The van der Waals surface area contributed by atoms with Crippen LogP contribution in [0.25, 0.3) is 0 Å². The molecule has 0 saturated heterocycles. The number of nitrogens with zero attached hydrogens (tertiary/aromatic N) is 5. The van der Waals surface area contributed by atoms with Crippen molar-refractivity contribution in [1.82, 2.24) is 14.8 Å². The molecule has 35 heavy (non-hydrogen) atoms. The van der Waals surface area contributed by atoms with Gasteiger partial charge in [0.2, 0.25) is 5.91 Å². The number of fused-ring (bicyclic) bond motifs is 3. The normalized spacial score (nSPS) is 21.4. The van der Waals surface area contributed by atoms with Gasteiger partial charge >= 0.3 is 0 Å². The van der Waals surface area contributed by atoms with Crippen LogP contribution in [0, 0.1) is 12.8 Å². The lowest BCUT2D eigenvalue weighted by Crippen LogP contribution is -2.38. The molecule has 1 aromatic carbocycles. The SMILES string of the molecule is COC1CCC(C(=O)N2Cc3cccnc3Nc3ccc(N4CCn5nc(C)cc5C4)cc32)CC1. The van der Waals surface area contributed by atoms with Crippen LogP contribution >= 0.6 is 0 Å². The topological polar surface area (TPSA) is 75.5 Å². The van der Waals surface area contributed by atoms with E-state index < -0.39 is 0 Å². The second kappa shape index (κ2) is 9.00. The predicted octanol–water partition coefficient (Wildman–Crippen LogP) is 4.40. The maximum Gasteiger partial charge on any atom is 0.230 e. The van der Waals surface area contributed by atoms with Gasteiger partial charge in [-0.05, 0) is 62.9 Å². The van der Waals surface area contributed by atoms with Crippen molar-refractivity contribution in [2.45, 2.75) is 58.3 Å². The molecule has 1 amide bonds. The summed E-state index contributed by atoms with van der Waals surface area (Å²) in [5.74, 6) is 1.03. The molecular formula is C27H32N6O2. The summed E-state index contributed by atoms with van der Waals surface area (Å²) < 4.78 is 7.64. The van der Waals surface area contributed by atoms with E-state index >= 15 is 0 Å². The average Bonchev–Trinajstić information content (AvgIpc) is 3.18. The number of rotatable bonds is 3. The van der Waals surface area contributed by atoms with Crippen LogP contribution in [0.3, 0.4) is 0 Å². The van der Waals surface area contributed by atoms with Crippen molar-refractivity contribution in [3.8, 4) is 0 Å². The molecule has 2 aromatic heterocycles. The molecule has 3 aromatic rings. The van der Waals surface area contributed by atoms with E-state index in [1.54, 1.807) is 13.3 Å². The van der Waals surface area contributed by atoms with Crippen molar-refractivity contribution in [3.05, 3.63) is 59.5 Å². The van der Waals surface area contributed by atoms with Crippen LogP contribution in [-0.2, 0) is 29.2 Å². The van der Waals surface area contributed by atoms with Crippen molar-refractivity contribution < 1.29 is 9.53 Å². The van der Waals surface area contributed by atoms with E-state index in [0.29, 0.717) is 6.54 Å². The van der Waals surface area contributed by atoms with Crippen molar-refractivity contribution >= 4 is 28.8 Å². The maximum atomic E-state index is 13.9. The van der Waals surface area contributed by atoms with Crippen LogP contribution in [0.1, 0.15) is 42.6 Å². The molecule has 1 N–H and O–H groups in total. The molecule has 1 aliphatic carbocycles. The van der Waals surface area contributed by atoms with Crippen molar-refractivity contribution in [2.75, 3.05) is 28.8 Å². The van der Waals surface area contributed by atoms with Crippen LogP contribution in [0.2, 0.25) is 0 Å². The number of pyridine rings is 1. The van der Waals surface area contributed by atoms with Crippen LogP contribution in [0.5, 0.6) is 0 Å². The van der Waals surface area contributed by atoms with Gasteiger partial charge in [-0.3, -0.25) is 9.48 Å². The van der Waals surface area contributed by atoms with Crippen molar-refractivity contribution in [1.29, 1.82) is 0 Å². The Hall–Kier alpha value is -3.39. The van der Waals surface area contributed by atoms with Crippen molar-refractivity contribution in [3.63, 3.8) is 0 Å². The summed E-state index contributed by atoms with van der Waals surface area (Å²) in [6.07, 6.45) is 5.67. The fourth-order valence-electron chi connectivity index (χ4n) is 5.70.